The zero-order valence-corrected chi connectivity index (χ0v) is 26.3. The van der Waals surface area contributed by atoms with Crippen molar-refractivity contribution in [1.82, 2.24) is 25.4 Å². The first kappa shape index (κ1) is 30.6. The molecule has 8 nitrogen and oxygen atoms in total. The molecule has 2 saturated heterocycles. The van der Waals surface area contributed by atoms with E-state index >= 15 is 0 Å². The summed E-state index contributed by atoms with van der Waals surface area (Å²) in [5, 5.41) is 12.2. The highest BCUT2D eigenvalue weighted by molar-refractivity contribution is 7.13. The van der Waals surface area contributed by atoms with E-state index in [1.165, 1.54) is 49.5 Å². The fraction of sp³-hybridized carbons (Fsp3) is 0.545. The number of carbonyl (C=O) groups is 1. The summed E-state index contributed by atoms with van der Waals surface area (Å²) in [6.45, 7) is 13.1. The quantitative estimate of drug-likeness (QED) is 0.386. The standard InChI is InChI=1S/C27H33N3O3S.C6H14N2/c1-18(2)33-24-17-20-19(15-23(24)32-3)8-13-30-22(16-21(26(20)30)25-7-4-14-34-25)27(31)29-11-5-9-28-10-6-12-29;1-3-7-5-2-6-8-4-1/h4,7,14-18,28H,5-6,8-13H2,1-3H3;7-8H,1-6H2. The summed E-state index contributed by atoms with van der Waals surface area (Å²) in [4.78, 5) is 17.0. The average Bonchev–Trinajstić information content (AvgIpc) is 3.60. The largest absolute Gasteiger partial charge is 0.493 e. The lowest BCUT2D eigenvalue weighted by atomic mass is 9.95. The van der Waals surface area contributed by atoms with Crippen LogP contribution in [0.5, 0.6) is 11.5 Å². The van der Waals surface area contributed by atoms with Crippen molar-refractivity contribution < 1.29 is 14.3 Å². The summed E-state index contributed by atoms with van der Waals surface area (Å²) in [5.74, 6) is 1.64. The normalized spacial score (nSPS) is 17.5. The highest BCUT2D eigenvalue weighted by atomic mass is 32.1. The van der Waals surface area contributed by atoms with E-state index < -0.39 is 0 Å². The number of fused-ring (bicyclic) bond motifs is 3. The van der Waals surface area contributed by atoms with Crippen LogP contribution in [0, 0.1) is 0 Å². The van der Waals surface area contributed by atoms with Gasteiger partial charge in [0.2, 0.25) is 0 Å². The Morgan fingerprint density at radius 1 is 0.857 bits per heavy atom. The molecule has 6 rings (SSSR count). The van der Waals surface area contributed by atoms with Gasteiger partial charge in [-0.05, 0) is 120 Å². The van der Waals surface area contributed by atoms with Crippen LogP contribution in [0.4, 0.5) is 0 Å². The van der Waals surface area contributed by atoms with Crippen LogP contribution in [0.1, 0.15) is 55.6 Å². The third-order valence-electron chi connectivity index (χ3n) is 7.98. The summed E-state index contributed by atoms with van der Waals surface area (Å²) in [6.07, 6.45) is 5.41. The summed E-state index contributed by atoms with van der Waals surface area (Å²) >= 11 is 1.71. The number of nitrogens with zero attached hydrogens (tertiary/aromatic N) is 2. The first-order valence-electron chi connectivity index (χ1n) is 15.6. The number of carbonyl (C=O) groups excluding carboxylic acids is 1. The molecule has 2 fully saturated rings. The molecule has 9 heteroatoms. The minimum absolute atomic E-state index is 0.0397. The van der Waals surface area contributed by atoms with Crippen molar-refractivity contribution in [3.8, 4) is 33.2 Å². The van der Waals surface area contributed by atoms with Crippen molar-refractivity contribution in [3.63, 3.8) is 0 Å². The van der Waals surface area contributed by atoms with Crippen molar-refractivity contribution in [3.05, 3.63) is 47.0 Å². The predicted octanol–water partition coefficient (Wildman–Crippen LogP) is 5.02. The third-order valence-corrected chi connectivity index (χ3v) is 8.88. The number of hydrogen-bond acceptors (Lipinski definition) is 7. The molecular formula is C33H47N5O3S. The van der Waals surface area contributed by atoms with Gasteiger partial charge in [-0.2, -0.15) is 0 Å². The maximum absolute atomic E-state index is 13.8. The van der Waals surface area contributed by atoms with Crippen molar-refractivity contribution in [1.29, 1.82) is 0 Å². The number of amides is 1. The van der Waals surface area contributed by atoms with Crippen LogP contribution in [0.15, 0.2) is 35.7 Å². The fourth-order valence-electron chi connectivity index (χ4n) is 5.95. The highest BCUT2D eigenvalue weighted by Crippen LogP contribution is 2.45. The van der Waals surface area contributed by atoms with Crippen LogP contribution in [0.25, 0.3) is 21.7 Å². The number of aromatic nitrogens is 1. The molecule has 5 heterocycles. The van der Waals surface area contributed by atoms with Crippen molar-refractivity contribution in [2.45, 2.75) is 58.6 Å². The van der Waals surface area contributed by atoms with Gasteiger partial charge in [-0.1, -0.05) is 6.07 Å². The Labute approximate surface area is 254 Å². The van der Waals surface area contributed by atoms with Crippen LogP contribution < -0.4 is 25.4 Å². The molecule has 3 aliphatic heterocycles. The second kappa shape index (κ2) is 15.0. The molecule has 1 amide bonds. The second-order valence-electron chi connectivity index (χ2n) is 11.5. The molecule has 0 radical (unpaired) electrons. The number of thiophene rings is 1. The molecule has 228 valence electrons. The van der Waals surface area contributed by atoms with E-state index in [2.05, 4.69) is 56.2 Å². The Morgan fingerprint density at radius 2 is 1.52 bits per heavy atom. The van der Waals surface area contributed by atoms with Gasteiger partial charge in [0.25, 0.3) is 5.91 Å². The summed E-state index contributed by atoms with van der Waals surface area (Å²) in [6, 6.07) is 10.5. The summed E-state index contributed by atoms with van der Waals surface area (Å²) < 4.78 is 14.0. The Bertz CT molecular complexity index is 1270. The molecule has 0 bridgehead atoms. The van der Waals surface area contributed by atoms with Gasteiger partial charge in [-0.25, -0.2) is 0 Å². The van der Waals surface area contributed by atoms with E-state index in [-0.39, 0.29) is 12.0 Å². The number of methoxy groups -OCH3 is 1. The topological polar surface area (TPSA) is 79.8 Å². The van der Waals surface area contributed by atoms with Gasteiger partial charge in [-0.3, -0.25) is 4.79 Å². The first-order chi connectivity index (χ1) is 20.6. The molecule has 42 heavy (non-hydrogen) atoms. The smallest absolute Gasteiger partial charge is 0.270 e. The number of ether oxygens (including phenoxy) is 2. The zero-order chi connectivity index (χ0) is 29.3. The Hall–Kier alpha value is -2.85. The molecule has 2 aromatic heterocycles. The van der Waals surface area contributed by atoms with E-state index in [0.717, 1.165) is 86.0 Å². The molecule has 1 aromatic carbocycles. The molecule has 3 aliphatic rings. The number of benzene rings is 1. The Morgan fingerprint density at radius 3 is 2.12 bits per heavy atom. The number of rotatable bonds is 5. The van der Waals surface area contributed by atoms with Gasteiger partial charge in [-0.15, -0.1) is 11.3 Å². The lowest BCUT2D eigenvalue weighted by Crippen LogP contribution is -2.39. The van der Waals surface area contributed by atoms with Gasteiger partial charge in [0.05, 0.1) is 18.9 Å². The van der Waals surface area contributed by atoms with Crippen LogP contribution in [0.3, 0.4) is 0 Å². The SMILES string of the molecule is C1CNCCCNC1.COc1cc2c(cc1OC(C)C)-c1c(-c3cccs3)cc(C(=O)N3CCCNCCC3)n1CC2. The average molecular weight is 594 g/mol. The molecule has 0 spiro atoms. The second-order valence-corrected chi connectivity index (χ2v) is 12.4. The number of hydrogen-bond donors (Lipinski definition) is 3. The molecule has 3 N–H and O–H groups in total. The van der Waals surface area contributed by atoms with Crippen LogP contribution in [-0.4, -0.2) is 80.9 Å². The maximum atomic E-state index is 13.8. The lowest BCUT2D eigenvalue weighted by molar-refractivity contribution is 0.0734. The highest BCUT2D eigenvalue weighted by Gasteiger charge is 2.30. The van der Waals surface area contributed by atoms with E-state index in [4.69, 9.17) is 9.47 Å². The summed E-state index contributed by atoms with van der Waals surface area (Å²) in [7, 11) is 1.69. The van der Waals surface area contributed by atoms with Crippen molar-refractivity contribution in [2.75, 3.05) is 59.5 Å². The summed E-state index contributed by atoms with van der Waals surface area (Å²) in [5.41, 5.74) is 5.38. The molecule has 0 atom stereocenters. The molecule has 0 aliphatic carbocycles. The van der Waals surface area contributed by atoms with E-state index in [0.29, 0.717) is 0 Å². The third kappa shape index (κ3) is 7.37. The maximum Gasteiger partial charge on any atom is 0.270 e. The molecular weight excluding hydrogens is 546 g/mol. The van der Waals surface area contributed by atoms with Gasteiger partial charge < -0.3 is 34.9 Å². The van der Waals surface area contributed by atoms with Crippen molar-refractivity contribution in [2.24, 2.45) is 0 Å². The minimum Gasteiger partial charge on any atom is -0.493 e. The minimum atomic E-state index is 0.0397. The Kier molecular flexibility index (Phi) is 11.0. The first-order valence-corrected chi connectivity index (χ1v) is 16.5. The van der Waals surface area contributed by atoms with Crippen LogP contribution in [-0.2, 0) is 13.0 Å². The zero-order valence-electron chi connectivity index (χ0n) is 25.5. The van der Waals surface area contributed by atoms with E-state index in [1.54, 1.807) is 18.4 Å². The molecule has 0 saturated carbocycles. The van der Waals surface area contributed by atoms with Crippen LogP contribution >= 0.6 is 11.3 Å². The van der Waals surface area contributed by atoms with E-state index in [1.807, 2.05) is 18.7 Å². The van der Waals surface area contributed by atoms with Gasteiger partial charge in [0.15, 0.2) is 11.5 Å². The Balaban J connectivity index is 0.000000382. The number of aryl methyl sites for hydroxylation is 1. The van der Waals surface area contributed by atoms with Crippen molar-refractivity contribution >= 4 is 17.2 Å². The monoisotopic (exact) mass is 593 g/mol. The molecule has 0 unspecified atom stereocenters. The van der Waals surface area contributed by atoms with Gasteiger partial charge >= 0.3 is 0 Å². The van der Waals surface area contributed by atoms with Crippen LogP contribution in [0.2, 0.25) is 0 Å². The molecule has 3 aromatic rings. The van der Waals surface area contributed by atoms with Gasteiger partial charge in [0.1, 0.15) is 5.69 Å². The van der Waals surface area contributed by atoms with E-state index in [9.17, 15) is 4.79 Å². The predicted molar refractivity (Wildman–Crippen MR) is 172 cm³/mol. The lowest BCUT2D eigenvalue weighted by Gasteiger charge is -2.28. The fourth-order valence-corrected chi connectivity index (χ4v) is 6.70. The number of nitrogens with one attached hydrogen (secondary N) is 3. The van der Waals surface area contributed by atoms with Gasteiger partial charge in [0, 0.05) is 35.6 Å².